The number of hydrogen-bond donors (Lipinski definition) is 2. The Bertz CT molecular complexity index is 292. The molecule has 1 heterocycles. The largest absolute Gasteiger partial charge is 0.284 e. The van der Waals surface area contributed by atoms with Gasteiger partial charge in [-0.3, -0.25) is 5.10 Å². The van der Waals surface area contributed by atoms with E-state index in [1.807, 2.05) is 0 Å². The van der Waals surface area contributed by atoms with Gasteiger partial charge in [0.15, 0.2) is 0 Å². The van der Waals surface area contributed by atoms with Gasteiger partial charge < -0.3 is 0 Å². The second-order valence-corrected chi connectivity index (χ2v) is 3.61. The fourth-order valence-electron chi connectivity index (χ4n) is 0.431. The molecular weight excluding hydrogens is 178 g/mol. The van der Waals surface area contributed by atoms with Crippen molar-refractivity contribution in [1.29, 1.82) is 0 Å². The van der Waals surface area contributed by atoms with Crippen LogP contribution in [0.3, 0.4) is 0 Å². The maximum atomic E-state index is 10.8. The lowest BCUT2D eigenvalue weighted by Gasteiger charge is -1.91. The van der Waals surface area contributed by atoms with E-state index < -0.39 is 10.0 Å². The summed E-state index contributed by atoms with van der Waals surface area (Å²) in [5.74, 6) is 0. The summed E-state index contributed by atoms with van der Waals surface area (Å²) in [5, 5.41) is 5.78. The number of aromatic amines is 1. The van der Waals surface area contributed by atoms with E-state index in [1.165, 1.54) is 6.20 Å². The Morgan fingerprint density at radius 2 is 2.40 bits per heavy atom. The van der Waals surface area contributed by atoms with Crippen LogP contribution in [-0.2, 0) is 10.0 Å². The topological polar surface area (TPSA) is 74.8 Å². The van der Waals surface area contributed by atoms with Crippen LogP contribution in [0.5, 0.6) is 0 Å². The molecule has 0 aliphatic rings. The van der Waals surface area contributed by atoms with Crippen molar-refractivity contribution in [3.8, 4) is 0 Å². The van der Waals surface area contributed by atoms with E-state index in [4.69, 9.17) is 11.8 Å². The predicted molar refractivity (Wildman–Crippen MR) is 34.8 cm³/mol. The summed E-state index contributed by atoms with van der Waals surface area (Å²) < 4.78 is 23.1. The van der Waals surface area contributed by atoms with E-state index >= 15 is 0 Å². The Hall–Kier alpha value is -0.590. The molecule has 0 spiro atoms. The Balaban J connectivity index is 3.09. The third kappa shape index (κ3) is 1.28. The van der Waals surface area contributed by atoms with Crippen molar-refractivity contribution >= 4 is 21.8 Å². The minimum atomic E-state index is -3.53. The van der Waals surface area contributed by atoms with E-state index in [9.17, 15) is 8.42 Å². The second kappa shape index (κ2) is 2.57. The number of aromatic nitrogens is 2. The molecule has 0 saturated heterocycles. The van der Waals surface area contributed by atoms with E-state index in [1.54, 1.807) is 4.24 Å². The zero-order valence-electron chi connectivity index (χ0n) is 4.70. The van der Waals surface area contributed by atoms with Crippen molar-refractivity contribution in [2.24, 2.45) is 0 Å². The highest BCUT2D eigenvalue weighted by Crippen LogP contribution is 2.03. The number of H-pyrrole nitrogens is 1. The summed E-state index contributed by atoms with van der Waals surface area (Å²) in [5.41, 5.74) is 0. The van der Waals surface area contributed by atoms with Gasteiger partial charge in [-0.05, 0) is 11.8 Å². The normalized spacial score (nSPS) is 11.7. The van der Waals surface area contributed by atoms with Gasteiger partial charge in [0.25, 0.3) is 10.0 Å². The second-order valence-electron chi connectivity index (χ2n) is 1.51. The van der Waals surface area contributed by atoms with Crippen LogP contribution in [0.25, 0.3) is 0 Å². The molecule has 0 aliphatic heterocycles. The lowest BCUT2D eigenvalue weighted by Crippen LogP contribution is -2.12. The fraction of sp³-hybridized carbons (Fsp3) is 0. The third-order valence-electron chi connectivity index (χ3n) is 0.885. The molecule has 7 heteroatoms. The molecule has 56 valence electrons. The summed E-state index contributed by atoms with van der Waals surface area (Å²) in [6.45, 7) is 0. The molecule has 1 aromatic rings. The van der Waals surface area contributed by atoms with E-state index in [0.717, 1.165) is 6.20 Å². The average molecular weight is 182 g/mol. The highest BCUT2D eigenvalue weighted by Gasteiger charge is 2.12. The standard InChI is InChI=1S/C3H4ClN3O2S/c4-7-10(8,9)3-1-5-6-2-3/h1-2,7H,(H,5,6). The summed E-state index contributed by atoms with van der Waals surface area (Å²) in [7, 11) is -3.53. The molecule has 10 heavy (non-hydrogen) atoms. The zero-order valence-corrected chi connectivity index (χ0v) is 6.28. The number of nitrogens with one attached hydrogen (secondary N) is 2. The molecule has 0 amide bonds. The van der Waals surface area contributed by atoms with Gasteiger partial charge in [-0.1, -0.05) is 0 Å². The van der Waals surface area contributed by atoms with Crippen molar-refractivity contribution in [3.63, 3.8) is 0 Å². The molecule has 1 rings (SSSR count). The smallest absolute Gasteiger partial charge is 0.257 e. The Labute approximate surface area is 62.6 Å². The first-order valence-electron chi connectivity index (χ1n) is 2.28. The lowest BCUT2D eigenvalue weighted by atomic mass is 10.7. The predicted octanol–water partition coefficient (Wildman–Crippen LogP) is -0.158. The fourth-order valence-corrected chi connectivity index (χ4v) is 1.19. The minimum Gasteiger partial charge on any atom is -0.284 e. The highest BCUT2D eigenvalue weighted by atomic mass is 35.5. The van der Waals surface area contributed by atoms with Gasteiger partial charge in [-0.2, -0.15) is 5.10 Å². The van der Waals surface area contributed by atoms with E-state index in [-0.39, 0.29) is 4.90 Å². The van der Waals surface area contributed by atoms with Crippen LogP contribution >= 0.6 is 11.8 Å². The van der Waals surface area contributed by atoms with Crippen LogP contribution in [0.4, 0.5) is 0 Å². The monoisotopic (exact) mass is 181 g/mol. The first-order chi connectivity index (χ1) is 4.67. The molecule has 0 bridgehead atoms. The molecule has 0 atom stereocenters. The average Bonchev–Trinajstić information content (AvgIpc) is 2.38. The zero-order chi connectivity index (χ0) is 7.61. The van der Waals surface area contributed by atoms with Crippen molar-refractivity contribution in [3.05, 3.63) is 12.4 Å². The molecule has 0 radical (unpaired) electrons. The molecule has 0 aromatic carbocycles. The van der Waals surface area contributed by atoms with Gasteiger partial charge in [-0.15, -0.1) is 4.24 Å². The summed E-state index contributed by atoms with van der Waals surface area (Å²) >= 11 is 4.90. The van der Waals surface area contributed by atoms with Crippen molar-refractivity contribution in [2.75, 3.05) is 0 Å². The molecule has 1 aromatic heterocycles. The lowest BCUT2D eigenvalue weighted by molar-refractivity contribution is 0.594. The molecule has 5 nitrogen and oxygen atoms in total. The van der Waals surface area contributed by atoms with Crippen LogP contribution < -0.4 is 4.24 Å². The van der Waals surface area contributed by atoms with E-state index in [0.29, 0.717) is 0 Å². The van der Waals surface area contributed by atoms with Gasteiger partial charge in [0.2, 0.25) is 0 Å². The number of sulfonamides is 1. The van der Waals surface area contributed by atoms with Gasteiger partial charge in [0, 0.05) is 6.20 Å². The summed E-state index contributed by atoms with van der Waals surface area (Å²) in [4.78, 5) is 0.0162. The maximum absolute atomic E-state index is 10.8. The van der Waals surface area contributed by atoms with Crippen molar-refractivity contribution < 1.29 is 8.42 Å². The SMILES string of the molecule is O=S(=O)(NCl)c1cn[nH]c1. The number of halogens is 1. The van der Waals surface area contributed by atoms with Crippen LogP contribution in [0.2, 0.25) is 0 Å². The quantitative estimate of drug-likeness (QED) is 0.623. The summed E-state index contributed by atoms with van der Waals surface area (Å²) in [6.07, 6.45) is 2.38. The van der Waals surface area contributed by atoms with Gasteiger partial charge in [-0.25, -0.2) is 8.42 Å². The van der Waals surface area contributed by atoms with Crippen LogP contribution in [0.1, 0.15) is 0 Å². The number of rotatable bonds is 2. The van der Waals surface area contributed by atoms with Gasteiger partial charge >= 0.3 is 0 Å². The molecular formula is C3H4ClN3O2S. The summed E-state index contributed by atoms with van der Waals surface area (Å²) in [6, 6.07) is 0. The first-order valence-corrected chi connectivity index (χ1v) is 4.14. The van der Waals surface area contributed by atoms with Crippen LogP contribution in [0.15, 0.2) is 17.3 Å². The highest BCUT2D eigenvalue weighted by molar-refractivity contribution is 7.90. The number of hydrogen-bond acceptors (Lipinski definition) is 3. The van der Waals surface area contributed by atoms with Gasteiger partial charge in [0.05, 0.1) is 6.20 Å². The molecule has 0 fully saturated rings. The van der Waals surface area contributed by atoms with Crippen molar-refractivity contribution in [1.82, 2.24) is 14.4 Å². The molecule has 0 unspecified atom stereocenters. The Morgan fingerprint density at radius 1 is 1.70 bits per heavy atom. The minimum absolute atomic E-state index is 0.0162. The Kier molecular flexibility index (Phi) is 1.93. The molecule has 0 aliphatic carbocycles. The van der Waals surface area contributed by atoms with Crippen LogP contribution in [0, 0.1) is 0 Å². The first kappa shape index (κ1) is 7.52. The van der Waals surface area contributed by atoms with Crippen molar-refractivity contribution in [2.45, 2.75) is 4.90 Å². The van der Waals surface area contributed by atoms with Gasteiger partial charge in [0.1, 0.15) is 4.90 Å². The Morgan fingerprint density at radius 3 is 2.80 bits per heavy atom. The maximum Gasteiger partial charge on any atom is 0.257 e. The van der Waals surface area contributed by atoms with Crippen LogP contribution in [-0.4, -0.2) is 18.6 Å². The van der Waals surface area contributed by atoms with E-state index in [2.05, 4.69) is 10.2 Å². The molecule has 2 N–H and O–H groups in total. The number of nitrogens with zero attached hydrogens (tertiary/aromatic N) is 1. The molecule has 0 saturated carbocycles. The third-order valence-corrected chi connectivity index (χ3v) is 2.54.